The highest BCUT2D eigenvalue weighted by Crippen LogP contribution is 2.42. The van der Waals surface area contributed by atoms with E-state index < -0.39 is 21.9 Å². The van der Waals surface area contributed by atoms with Gasteiger partial charge in [0.2, 0.25) is 10.0 Å². The molecule has 3 rings (SSSR count). The Morgan fingerprint density at radius 2 is 2.22 bits per heavy atom. The predicted molar refractivity (Wildman–Crippen MR) is 80.4 cm³/mol. The van der Waals surface area contributed by atoms with Crippen molar-refractivity contribution in [1.82, 2.24) is 14.4 Å². The van der Waals surface area contributed by atoms with E-state index in [4.69, 9.17) is 9.63 Å². The van der Waals surface area contributed by atoms with Gasteiger partial charge in [-0.15, -0.1) is 0 Å². The van der Waals surface area contributed by atoms with E-state index in [0.29, 0.717) is 17.0 Å². The number of carboxylic acids is 1. The SMILES string of the molecule is CC(CN(C)S(=O)(=O)c1cnc2onc(C3CC3)c2c1)C(=O)O. The van der Waals surface area contributed by atoms with Crippen molar-refractivity contribution >= 4 is 27.1 Å². The summed E-state index contributed by atoms with van der Waals surface area (Å²) >= 11 is 0. The average Bonchev–Trinajstić information content (AvgIpc) is 3.25. The number of aromatic nitrogens is 2. The van der Waals surface area contributed by atoms with Crippen LogP contribution in [0.25, 0.3) is 11.1 Å². The van der Waals surface area contributed by atoms with Crippen LogP contribution in [0.2, 0.25) is 0 Å². The number of pyridine rings is 1. The minimum absolute atomic E-state index is 0.00943. The third-order valence-corrected chi connectivity index (χ3v) is 5.75. The first-order chi connectivity index (χ1) is 10.8. The second kappa shape index (κ2) is 5.57. The van der Waals surface area contributed by atoms with Crippen LogP contribution in [0.4, 0.5) is 0 Å². The highest BCUT2D eigenvalue weighted by Gasteiger charge is 2.31. The molecule has 0 aromatic carbocycles. The van der Waals surface area contributed by atoms with Crippen molar-refractivity contribution in [2.45, 2.75) is 30.6 Å². The second-order valence-corrected chi connectivity index (χ2v) is 7.94. The van der Waals surface area contributed by atoms with Crippen LogP contribution in [0.1, 0.15) is 31.4 Å². The zero-order valence-corrected chi connectivity index (χ0v) is 13.6. The molecule has 0 radical (unpaired) electrons. The van der Waals surface area contributed by atoms with Gasteiger partial charge < -0.3 is 9.63 Å². The standard InChI is InChI=1S/C14H17N3O5S/c1-8(14(18)19)7-17(2)23(20,21)10-5-11-12(9-3-4-9)16-22-13(11)15-6-10/h5-6,8-9H,3-4,7H2,1-2H3,(H,18,19). The molecule has 1 unspecified atom stereocenters. The molecule has 8 nitrogen and oxygen atoms in total. The number of nitrogens with zero attached hydrogens (tertiary/aromatic N) is 3. The second-order valence-electron chi connectivity index (χ2n) is 5.89. The van der Waals surface area contributed by atoms with Crippen molar-refractivity contribution < 1.29 is 22.8 Å². The molecular weight excluding hydrogens is 322 g/mol. The highest BCUT2D eigenvalue weighted by atomic mass is 32.2. The van der Waals surface area contributed by atoms with Gasteiger partial charge >= 0.3 is 5.97 Å². The molecule has 2 aromatic rings. The minimum Gasteiger partial charge on any atom is -0.481 e. The Kier molecular flexibility index (Phi) is 3.85. The van der Waals surface area contributed by atoms with Crippen LogP contribution in [-0.4, -0.2) is 47.5 Å². The van der Waals surface area contributed by atoms with E-state index in [1.807, 2.05) is 0 Å². The van der Waals surface area contributed by atoms with Gasteiger partial charge in [-0.1, -0.05) is 12.1 Å². The van der Waals surface area contributed by atoms with Crippen LogP contribution < -0.4 is 0 Å². The number of carboxylic acid groups (broad SMARTS) is 1. The average molecular weight is 339 g/mol. The molecule has 1 aliphatic rings. The third-order valence-electron chi connectivity index (χ3n) is 3.96. The van der Waals surface area contributed by atoms with Gasteiger partial charge in [-0.25, -0.2) is 17.7 Å². The molecule has 0 amide bonds. The van der Waals surface area contributed by atoms with Gasteiger partial charge in [-0.05, 0) is 18.9 Å². The van der Waals surface area contributed by atoms with Crippen molar-refractivity contribution in [3.05, 3.63) is 18.0 Å². The predicted octanol–water partition coefficient (Wildman–Crippen LogP) is 1.44. The Bertz CT molecular complexity index is 856. The van der Waals surface area contributed by atoms with Gasteiger partial charge in [0.25, 0.3) is 5.71 Å². The number of hydrogen-bond acceptors (Lipinski definition) is 6. The lowest BCUT2D eigenvalue weighted by molar-refractivity contribution is -0.141. The van der Waals surface area contributed by atoms with Gasteiger partial charge in [0, 0.05) is 19.5 Å². The maximum absolute atomic E-state index is 12.6. The molecule has 1 N–H and O–H groups in total. The van der Waals surface area contributed by atoms with E-state index in [1.54, 1.807) is 0 Å². The summed E-state index contributed by atoms with van der Waals surface area (Å²) in [6.45, 7) is 1.34. The number of rotatable bonds is 6. The number of fused-ring (bicyclic) bond motifs is 1. The zero-order chi connectivity index (χ0) is 16.8. The monoisotopic (exact) mass is 339 g/mol. The fraction of sp³-hybridized carbons (Fsp3) is 0.500. The molecule has 0 spiro atoms. The molecule has 0 bridgehead atoms. The summed E-state index contributed by atoms with van der Waals surface area (Å²) in [6, 6.07) is 1.50. The lowest BCUT2D eigenvalue weighted by Crippen LogP contribution is -2.33. The Balaban J connectivity index is 1.94. The lowest BCUT2D eigenvalue weighted by Gasteiger charge is -2.19. The van der Waals surface area contributed by atoms with Crippen LogP contribution in [0.15, 0.2) is 21.7 Å². The van der Waals surface area contributed by atoms with E-state index in [-0.39, 0.29) is 11.4 Å². The molecule has 1 saturated carbocycles. The molecule has 1 atom stereocenters. The highest BCUT2D eigenvalue weighted by molar-refractivity contribution is 7.89. The number of aliphatic carboxylic acids is 1. The summed E-state index contributed by atoms with van der Waals surface area (Å²) in [5.74, 6) is -1.54. The Morgan fingerprint density at radius 1 is 1.52 bits per heavy atom. The van der Waals surface area contributed by atoms with E-state index in [1.165, 1.54) is 26.2 Å². The maximum atomic E-state index is 12.6. The first-order valence-corrected chi connectivity index (χ1v) is 8.69. The fourth-order valence-corrected chi connectivity index (χ4v) is 3.60. The molecule has 1 fully saturated rings. The molecule has 124 valence electrons. The van der Waals surface area contributed by atoms with Crippen molar-refractivity contribution in [3.8, 4) is 0 Å². The van der Waals surface area contributed by atoms with Gasteiger partial charge in [0.1, 0.15) is 4.90 Å². The van der Waals surface area contributed by atoms with Crippen molar-refractivity contribution in [2.24, 2.45) is 5.92 Å². The van der Waals surface area contributed by atoms with Gasteiger partial charge in [0.05, 0.1) is 23.2 Å². The smallest absolute Gasteiger partial charge is 0.307 e. The van der Waals surface area contributed by atoms with E-state index in [2.05, 4.69) is 10.1 Å². The summed E-state index contributed by atoms with van der Waals surface area (Å²) in [7, 11) is -2.47. The molecule has 9 heteroatoms. The van der Waals surface area contributed by atoms with E-state index in [0.717, 1.165) is 22.8 Å². The minimum atomic E-state index is -3.82. The molecule has 2 heterocycles. The largest absolute Gasteiger partial charge is 0.481 e. The summed E-state index contributed by atoms with van der Waals surface area (Å²) in [6.07, 6.45) is 3.23. The molecule has 0 aliphatic heterocycles. The van der Waals surface area contributed by atoms with Crippen LogP contribution in [0, 0.1) is 5.92 Å². The molecule has 23 heavy (non-hydrogen) atoms. The molecule has 2 aromatic heterocycles. The van der Waals surface area contributed by atoms with E-state index in [9.17, 15) is 13.2 Å². The van der Waals surface area contributed by atoms with Crippen LogP contribution in [0.3, 0.4) is 0 Å². The topological polar surface area (TPSA) is 114 Å². The molecule has 1 aliphatic carbocycles. The van der Waals surface area contributed by atoms with Crippen molar-refractivity contribution in [1.29, 1.82) is 0 Å². The van der Waals surface area contributed by atoms with Crippen LogP contribution in [0.5, 0.6) is 0 Å². The lowest BCUT2D eigenvalue weighted by atomic mass is 10.2. The molecular formula is C14H17N3O5S. The van der Waals surface area contributed by atoms with Gasteiger partial charge in [-0.3, -0.25) is 4.79 Å². The molecule has 0 saturated heterocycles. The van der Waals surface area contributed by atoms with Gasteiger partial charge in [0.15, 0.2) is 0 Å². The number of hydrogen-bond donors (Lipinski definition) is 1. The van der Waals surface area contributed by atoms with Crippen molar-refractivity contribution in [3.63, 3.8) is 0 Å². The van der Waals surface area contributed by atoms with Crippen molar-refractivity contribution in [2.75, 3.05) is 13.6 Å². The Morgan fingerprint density at radius 3 is 2.83 bits per heavy atom. The summed E-state index contributed by atoms with van der Waals surface area (Å²) in [5, 5.41) is 13.5. The van der Waals surface area contributed by atoms with E-state index >= 15 is 0 Å². The summed E-state index contributed by atoms with van der Waals surface area (Å²) in [5.41, 5.74) is 1.05. The number of carbonyl (C=O) groups is 1. The van der Waals surface area contributed by atoms with Gasteiger partial charge in [-0.2, -0.15) is 0 Å². The maximum Gasteiger partial charge on any atom is 0.307 e. The Labute approximate surface area is 133 Å². The van der Waals surface area contributed by atoms with Crippen LogP contribution in [-0.2, 0) is 14.8 Å². The normalized spacial score (nSPS) is 16.8. The first-order valence-electron chi connectivity index (χ1n) is 7.25. The third kappa shape index (κ3) is 2.93. The summed E-state index contributed by atoms with van der Waals surface area (Å²) in [4.78, 5) is 14.9. The van der Waals surface area contributed by atoms with Crippen LogP contribution >= 0.6 is 0 Å². The Hall–Kier alpha value is -2.00. The quantitative estimate of drug-likeness (QED) is 0.847. The first kappa shape index (κ1) is 15.9. The summed E-state index contributed by atoms with van der Waals surface area (Å²) < 4.78 is 31.3. The fourth-order valence-electron chi connectivity index (χ4n) is 2.36. The zero-order valence-electron chi connectivity index (χ0n) is 12.8. The number of sulfonamides is 1.